The molecule has 20 heavy (non-hydrogen) atoms. The highest BCUT2D eigenvalue weighted by atomic mass is 16.3. The summed E-state index contributed by atoms with van der Waals surface area (Å²) < 4.78 is 0. The Morgan fingerprint density at radius 2 is 1.95 bits per heavy atom. The first-order valence-corrected chi connectivity index (χ1v) is 8.51. The molecule has 6 atom stereocenters. The Hall–Kier alpha value is -0.630. The highest BCUT2D eigenvalue weighted by Gasteiger charge is 2.55. The molecule has 0 aliphatic heterocycles. The van der Waals surface area contributed by atoms with Crippen LogP contribution >= 0.6 is 0 Å². The van der Waals surface area contributed by atoms with Crippen molar-refractivity contribution in [1.82, 2.24) is 0 Å². The maximum atomic E-state index is 12.3. The molecule has 4 rings (SSSR count). The Morgan fingerprint density at radius 1 is 1.10 bits per heavy atom. The Morgan fingerprint density at radius 3 is 2.80 bits per heavy atom. The quantitative estimate of drug-likeness (QED) is 0.687. The van der Waals surface area contributed by atoms with Gasteiger partial charge in [0.05, 0.1) is 6.10 Å². The van der Waals surface area contributed by atoms with E-state index in [2.05, 4.69) is 13.0 Å². The van der Waals surface area contributed by atoms with Crippen molar-refractivity contribution in [2.75, 3.05) is 0 Å². The number of hydrogen-bond acceptors (Lipinski definition) is 2. The van der Waals surface area contributed by atoms with Gasteiger partial charge in [0, 0.05) is 11.8 Å². The van der Waals surface area contributed by atoms with E-state index in [9.17, 15) is 9.90 Å². The summed E-state index contributed by atoms with van der Waals surface area (Å²) in [5, 5.41) is 9.85. The van der Waals surface area contributed by atoms with Gasteiger partial charge in [-0.2, -0.15) is 0 Å². The summed E-state index contributed by atoms with van der Waals surface area (Å²) in [6.45, 7) is 2.25. The molecule has 4 aliphatic rings. The topological polar surface area (TPSA) is 37.3 Å². The molecule has 0 radical (unpaired) electrons. The second kappa shape index (κ2) is 4.43. The molecule has 0 bridgehead atoms. The monoisotopic (exact) mass is 274 g/mol. The van der Waals surface area contributed by atoms with Gasteiger partial charge in [-0.1, -0.05) is 18.6 Å². The molecule has 3 saturated carbocycles. The van der Waals surface area contributed by atoms with Crippen molar-refractivity contribution < 1.29 is 9.90 Å². The number of carbonyl (C=O) groups is 1. The van der Waals surface area contributed by atoms with Crippen molar-refractivity contribution in [3.63, 3.8) is 0 Å². The predicted molar refractivity (Wildman–Crippen MR) is 78.1 cm³/mol. The lowest BCUT2D eigenvalue weighted by Gasteiger charge is -2.52. The van der Waals surface area contributed by atoms with Crippen LogP contribution in [-0.4, -0.2) is 17.0 Å². The average molecular weight is 274 g/mol. The van der Waals surface area contributed by atoms with Crippen molar-refractivity contribution in [3.8, 4) is 0 Å². The van der Waals surface area contributed by atoms with Crippen LogP contribution < -0.4 is 0 Å². The van der Waals surface area contributed by atoms with Crippen molar-refractivity contribution in [3.05, 3.63) is 11.6 Å². The van der Waals surface area contributed by atoms with Crippen LogP contribution in [0.5, 0.6) is 0 Å². The molecule has 4 aliphatic carbocycles. The third kappa shape index (κ3) is 1.70. The van der Waals surface area contributed by atoms with Crippen LogP contribution in [0.3, 0.4) is 0 Å². The molecule has 1 N–H and O–H groups in total. The second-order valence-electron chi connectivity index (χ2n) is 7.88. The van der Waals surface area contributed by atoms with Crippen molar-refractivity contribution >= 4 is 5.78 Å². The van der Waals surface area contributed by atoms with Gasteiger partial charge in [0.2, 0.25) is 0 Å². The maximum Gasteiger partial charge on any atom is 0.139 e. The highest BCUT2D eigenvalue weighted by molar-refractivity contribution is 5.87. The lowest BCUT2D eigenvalue weighted by Crippen LogP contribution is -2.46. The molecule has 0 saturated heterocycles. The smallest absolute Gasteiger partial charge is 0.139 e. The summed E-state index contributed by atoms with van der Waals surface area (Å²) in [6.07, 6.45) is 10.8. The molecule has 0 amide bonds. The molecule has 0 aromatic rings. The van der Waals surface area contributed by atoms with Crippen molar-refractivity contribution in [2.45, 2.75) is 64.4 Å². The SMILES string of the molecule is C[C@]12CCC3[C@@H](CCC4=CC(O)CC[C@@H]43)C1CCC2=O. The first-order valence-electron chi connectivity index (χ1n) is 8.51. The molecular formula is C18H26O2. The molecule has 3 unspecified atom stereocenters. The van der Waals surface area contributed by atoms with Gasteiger partial charge in [0.25, 0.3) is 0 Å². The number of fused-ring (bicyclic) bond motifs is 5. The zero-order valence-corrected chi connectivity index (χ0v) is 12.5. The Balaban J connectivity index is 1.63. The van der Waals surface area contributed by atoms with Gasteiger partial charge in [-0.15, -0.1) is 0 Å². The highest BCUT2D eigenvalue weighted by Crippen LogP contribution is 2.60. The Labute approximate surface area is 121 Å². The van der Waals surface area contributed by atoms with E-state index >= 15 is 0 Å². The maximum absolute atomic E-state index is 12.3. The van der Waals surface area contributed by atoms with Crippen LogP contribution in [0.4, 0.5) is 0 Å². The fourth-order valence-electron chi connectivity index (χ4n) is 6.08. The zero-order chi connectivity index (χ0) is 13.9. The Kier molecular flexibility index (Phi) is 2.89. The number of carbonyl (C=O) groups excluding carboxylic acids is 1. The van der Waals surface area contributed by atoms with E-state index in [0.717, 1.165) is 43.4 Å². The number of Topliss-reactive ketones (excluding diaryl/α,β-unsaturated/α-hetero) is 1. The first-order chi connectivity index (χ1) is 9.59. The van der Waals surface area contributed by atoms with Gasteiger partial charge < -0.3 is 5.11 Å². The lowest BCUT2D eigenvalue weighted by atomic mass is 9.52. The normalized spacial score (nSPS) is 51.0. The first kappa shape index (κ1) is 13.1. The van der Waals surface area contributed by atoms with Crippen LogP contribution in [0.25, 0.3) is 0 Å². The molecule has 0 spiro atoms. The second-order valence-corrected chi connectivity index (χ2v) is 7.88. The summed E-state index contributed by atoms with van der Waals surface area (Å²) in [5.41, 5.74) is 1.55. The largest absolute Gasteiger partial charge is 0.389 e. The average Bonchev–Trinajstić information content (AvgIpc) is 2.74. The van der Waals surface area contributed by atoms with E-state index < -0.39 is 0 Å². The minimum atomic E-state index is -0.195. The summed E-state index contributed by atoms with van der Waals surface area (Å²) in [4.78, 5) is 12.3. The zero-order valence-electron chi connectivity index (χ0n) is 12.5. The van der Waals surface area contributed by atoms with E-state index in [0.29, 0.717) is 11.7 Å². The molecule has 0 aromatic heterocycles. The third-order valence-electron chi connectivity index (χ3n) is 7.14. The molecule has 2 heteroatoms. The number of aliphatic hydroxyl groups excluding tert-OH is 1. The number of allylic oxidation sites excluding steroid dienone is 1. The van der Waals surface area contributed by atoms with Gasteiger partial charge in [0.1, 0.15) is 5.78 Å². The molecule has 2 nitrogen and oxygen atoms in total. The van der Waals surface area contributed by atoms with Crippen LogP contribution in [0.1, 0.15) is 58.3 Å². The molecular weight excluding hydrogens is 248 g/mol. The van der Waals surface area contributed by atoms with Gasteiger partial charge >= 0.3 is 0 Å². The van der Waals surface area contributed by atoms with Gasteiger partial charge in [-0.05, 0) is 68.6 Å². The van der Waals surface area contributed by atoms with Crippen molar-refractivity contribution in [2.24, 2.45) is 29.1 Å². The van der Waals surface area contributed by atoms with Crippen LogP contribution in [-0.2, 0) is 4.79 Å². The molecule has 0 heterocycles. The lowest BCUT2D eigenvalue weighted by molar-refractivity contribution is -0.131. The Bertz CT molecular complexity index is 466. The number of aliphatic hydroxyl groups is 1. The molecule has 3 fully saturated rings. The summed E-state index contributed by atoms with van der Waals surface area (Å²) in [5.74, 6) is 3.49. The summed E-state index contributed by atoms with van der Waals surface area (Å²) in [6, 6.07) is 0. The van der Waals surface area contributed by atoms with Gasteiger partial charge in [0.15, 0.2) is 0 Å². The number of hydrogen-bond donors (Lipinski definition) is 1. The molecule has 0 aromatic carbocycles. The van der Waals surface area contributed by atoms with Crippen LogP contribution in [0, 0.1) is 29.1 Å². The predicted octanol–water partition coefficient (Wildman–Crippen LogP) is 3.49. The standard InChI is InChI=1S/C18H26O2/c1-18-9-8-14-13-5-3-12(19)10-11(13)2-4-15(14)16(18)6-7-17(18)20/h10,12-16,19H,2-9H2,1H3/t12?,13-,14?,15+,16?,18-/m0/s1. The summed E-state index contributed by atoms with van der Waals surface area (Å²) >= 11 is 0. The van der Waals surface area contributed by atoms with Crippen molar-refractivity contribution in [1.29, 1.82) is 0 Å². The van der Waals surface area contributed by atoms with E-state index in [1.807, 2.05) is 0 Å². The van der Waals surface area contributed by atoms with Crippen LogP contribution in [0.2, 0.25) is 0 Å². The summed E-state index contributed by atoms with van der Waals surface area (Å²) in [7, 11) is 0. The fraction of sp³-hybridized carbons (Fsp3) is 0.833. The van der Waals surface area contributed by atoms with Gasteiger partial charge in [-0.3, -0.25) is 4.79 Å². The molecule has 110 valence electrons. The van der Waals surface area contributed by atoms with Gasteiger partial charge in [-0.25, -0.2) is 0 Å². The third-order valence-corrected chi connectivity index (χ3v) is 7.14. The minimum absolute atomic E-state index is 0.0105. The minimum Gasteiger partial charge on any atom is -0.389 e. The fourth-order valence-corrected chi connectivity index (χ4v) is 6.08. The number of ketones is 1. The number of rotatable bonds is 0. The van der Waals surface area contributed by atoms with E-state index in [4.69, 9.17) is 0 Å². The van der Waals surface area contributed by atoms with E-state index in [-0.39, 0.29) is 11.5 Å². The van der Waals surface area contributed by atoms with E-state index in [1.165, 1.54) is 31.3 Å². The van der Waals surface area contributed by atoms with Crippen LogP contribution in [0.15, 0.2) is 11.6 Å². The van der Waals surface area contributed by atoms with E-state index in [1.54, 1.807) is 0 Å².